The molecule has 66 heavy (non-hydrogen) atoms. The minimum absolute atomic E-state index is 0.735. The second-order valence-electron chi connectivity index (χ2n) is 17.2. The van der Waals surface area contributed by atoms with Crippen molar-refractivity contribution in [3.05, 3.63) is 246 Å². The topological polar surface area (TPSA) is 29.5 Å². The summed E-state index contributed by atoms with van der Waals surface area (Å²) in [5.41, 5.74) is 16.4. The van der Waals surface area contributed by atoms with Crippen molar-refractivity contribution in [3.8, 4) is 44.5 Å². The number of nitrogens with zero attached hydrogens (tertiary/aromatic N) is 1. The molecule has 1 aliphatic rings. The number of rotatable bonds is 7. The fourth-order valence-electron chi connectivity index (χ4n) is 10.1. The Hall–Kier alpha value is -8.66. The van der Waals surface area contributed by atoms with E-state index in [4.69, 9.17) is 8.83 Å². The van der Waals surface area contributed by atoms with E-state index in [2.05, 4.69) is 229 Å². The molecule has 0 aliphatic heterocycles. The third-order valence-electron chi connectivity index (χ3n) is 13.3. The molecule has 12 aromatic rings. The molecular formula is C63H41NO2. The molecule has 1 aliphatic carbocycles. The lowest BCUT2D eigenvalue weighted by Crippen LogP contribution is -2.22. The van der Waals surface area contributed by atoms with Gasteiger partial charge in [0, 0.05) is 45.1 Å². The van der Waals surface area contributed by atoms with Gasteiger partial charge in [-0.1, -0.05) is 176 Å². The fraction of sp³-hybridized carbons (Fsp3) is 0.0159. The third-order valence-corrected chi connectivity index (χ3v) is 13.3. The van der Waals surface area contributed by atoms with Gasteiger partial charge in [0.15, 0.2) is 0 Å². The minimum atomic E-state index is 0.735. The molecule has 0 spiro atoms. The normalized spacial score (nSPS) is 12.1. The second kappa shape index (κ2) is 15.5. The van der Waals surface area contributed by atoms with E-state index >= 15 is 0 Å². The molecular weight excluding hydrogens is 803 g/mol. The molecule has 13 rings (SSSR count). The summed E-state index contributed by atoms with van der Waals surface area (Å²) in [6.45, 7) is 0. The Morgan fingerprint density at radius 1 is 0.364 bits per heavy atom. The summed E-state index contributed by atoms with van der Waals surface area (Å²) in [7, 11) is 0. The van der Waals surface area contributed by atoms with Crippen LogP contribution in [-0.2, 0) is 6.42 Å². The van der Waals surface area contributed by atoms with E-state index in [-0.39, 0.29) is 0 Å². The Kier molecular flexibility index (Phi) is 8.92. The number of fused-ring (bicyclic) bond motifs is 8. The van der Waals surface area contributed by atoms with Crippen molar-refractivity contribution in [3.63, 3.8) is 0 Å². The minimum Gasteiger partial charge on any atom is -0.460 e. The molecule has 3 heteroatoms. The summed E-state index contributed by atoms with van der Waals surface area (Å²) in [5, 5.41) is 8.32. The summed E-state index contributed by atoms with van der Waals surface area (Å²) >= 11 is 0. The van der Waals surface area contributed by atoms with Crippen LogP contribution in [0.15, 0.2) is 233 Å². The molecule has 0 unspecified atom stereocenters. The van der Waals surface area contributed by atoms with Gasteiger partial charge in [-0.3, -0.25) is 0 Å². The van der Waals surface area contributed by atoms with Crippen LogP contribution < -0.4 is 15.3 Å². The first kappa shape index (κ1) is 37.9. The second-order valence-corrected chi connectivity index (χ2v) is 17.2. The first-order valence-corrected chi connectivity index (χ1v) is 22.6. The van der Waals surface area contributed by atoms with Crippen LogP contribution in [0, 0.1) is 0 Å². The molecule has 2 aromatic heterocycles. The van der Waals surface area contributed by atoms with Gasteiger partial charge in [-0.25, -0.2) is 0 Å². The Morgan fingerprint density at radius 3 is 1.74 bits per heavy atom. The summed E-state index contributed by atoms with van der Waals surface area (Å²) in [6.07, 6.45) is 5.32. The van der Waals surface area contributed by atoms with Crippen molar-refractivity contribution in [2.45, 2.75) is 6.42 Å². The fourth-order valence-corrected chi connectivity index (χ4v) is 10.1. The van der Waals surface area contributed by atoms with Crippen molar-refractivity contribution < 1.29 is 8.83 Å². The molecule has 310 valence electrons. The Morgan fingerprint density at radius 2 is 0.924 bits per heavy atom. The molecule has 2 heterocycles. The van der Waals surface area contributed by atoms with Crippen LogP contribution in [0.3, 0.4) is 0 Å². The number of furan rings is 2. The van der Waals surface area contributed by atoms with Gasteiger partial charge < -0.3 is 13.7 Å². The average molecular weight is 844 g/mol. The monoisotopic (exact) mass is 843 g/mol. The van der Waals surface area contributed by atoms with Gasteiger partial charge in [0.05, 0.1) is 5.69 Å². The lowest BCUT2D eigenvalue weighted by atomic mass is 9.95. The van der Waals surface area contributed by atoms with Crippen molar-refractivity contribution in [1.82, 2.24) is 0 Å². The number of benzene rings is 10. The SMILES string of the molecule is C1=c2ccccc2=Cc2c(oc3cccc(-c4ccccc4N(c4ccc(-c5ccc(-c6cccc7ccccc67)cc5)cc4)c4ccc(-c5ccc6oc7ccccc7c6c5)cc4)c23)C1. The first-order chi connectivity index (χ1) is 32.7. The summed E-state index contributed by atoms with van der Waals surface area (Å²) in [4.78, 5) is 2.39. The number of hydrogen-bond donors (Lipinski definition) is 0. The average Bonchev–Trinajstić information content (AvgIpc) is 3.88. The zero-order chi connectivity index (χ0) is 43.6. The largest absolute Gasteiger partial charge is 0.460 e. The van der Waals surface area contributed by atoms with Crippen molar-refractivity contribution in [2.24, 2.45) is 0 Å². The Bertz CT molecular complexity index is 3940. The molecule has 3 nitrogen and oxygen atoms in total. The summed E-state index contributed by atoms with van der Waals surface area (Å²) < 4.78 is 12.8. The van der Waals surface area contributed by atoms with Crippen molar-refractivity contribution in [2.75, 3.05) is 4.90 Å². The van der Waals surface area contributed by atoms with E-state index in [1.54, 1.807) is 0 Å². The maximum atomic E-state index is 6.66. The number of para-hydroxylation sites is 2. The van der Waals surface area contributed by atoms with E-state index in [1.165, 1.54) is 37.9 Å². The molecule has 0 amide bonds. The maximum absolute atomic E-state index is 6.66. The van der Waals surface area contributed by atoms with E-state index in [9.17, 15) is 0 Å². The molecule has 0 saturated carbocycles. The van der Waals surface area contributed by atoms with Gasteiger partial charge >= 0.3 is 0 Å². The molecule has 0 N–H and O–H groups in total. The predicted molar refractivity (Wildman–Crippen MR) is 275 cm³/mol. The van der Waals surface area contributed by atoms with E-state index < -0.39 is 0 Å². The highest BCUT2D eigenvalue weighted by atomic mass is 16.3. The van der Waals surface area contributed by atoms with Gasteiger partial charge in [-0.05, 0) is 121 Å². The van der Waals surface area contributed by atoms with E-state index in [1.807, 2.05) is 12.1 Å². The van der Waals surface area contributed by atoms with Crippen LogP contribution in [0.2, 0.25) is 0 Å². The van der Waals surface area contributed by atoms with Gasteiger partial charge in [-0.15, -0.1) is 0 Å². The van der Waals surface area contributed by atoms with Crippen LogP contribution in [-0.4, -0.2) is 0 Å². The van der Waals surface area contributed by atoms with E-state index in [0.29, 0.717) is 0 Å². The molecule has 0 fully saturated rings. The van der Waals surface area contributed by atoms with Crippen molar-refractivity contribution in [1.29, 1.82) is 0 Å². The summed E-state index contributed by atoms with van der Waals surface area (Å²) in [6, 6.07) is 80.6. The van der Waals surface area contributed by atoms with Crippen LogP contribution >= 0.6 is 0 Å². The summed E-state index contributed by atoms with van der Waals surface area (Å²) in [5.74, 6) is 0.987. The first-order valence-electron chi connectivity index (χ1n) is 22.6. The number of anilines is 3. The molecule has 0 radical (unpaired) electrons. The highest BCUT2D eigenvalue weighted by molar-refractivity contribution is 6.07. The molecule has 0 saturated heterocycles. The van der Waals surface area contributed by atoms with Crippen LogP contribution in [0.1, 0.15) is 11.3 Å². The molecule has 0 atom stereocenters. The van der Waals surface area contributed by atoms with Crippen LogP contribution in [0.4, 0.5) is 17.1 Å². The maximum Gasteiger partial charge on any atom is 0.135 e. The van der Waals surface area contributed by atoms with Gasteiger partial charge in [0.2, 0.25) is 0 Å². The highest BCUT2D eigenvalue weighted by Gasteiger charge is 2.22. The van der Waals surface area contributed by atoms with Gasteiger partial charge in [0.1, 0.15) is 22.5 Å². The lowest BCUT2D eigenvalue weighted by Gasteiger charge is -2.28. The zero-order valence-electron chi connectivity index (χ0n) is 36.0. The standard InChI is InChI=1S/C63H41NO2/c1-2-13-47-40-57-61(37-31-41(47)11-1)66-62-22-10-19-55(63(57)62)53-16-5-7-20-58(53)64(50-35-29-44(30-36-50)48-32-38-60-56(39-48)54-17-6-8-21-59(54)65-60)49-33-27-43(28-34-49)42-23-25-46(26-24-42)52-18-9-14-45-12-3-4-15-51(45)52/h1-36,38-40H,37H2. The Balaban J connectivity index is 0.926. The predicted octanol–water partition coefficient (Wildman–Crippen LogP) is 15.8. The van der Waals surface area contributed by atoms with Crippen LogP contribution in [0.25, 0.3) is 100 Å². The third kappa shape index (κ3) is 6.44. The zero-order valence-corrected chi connectivity index (χ0v) is 36.0. The van der Waals surface area contributed by atoms with Gasteiger partial charge in [0.25, 0.3) is 0 Å². The number of hydrogen-bond acceptors (Lipinski definition) is 3. The molecule has 10 aromatic carbocycles. The van der Waals surface area contributed by atoms with Crippen LogP contribution in [0.5, 0.6) is 0 Å². The van der Waals surface area contributed by atoms with Gasteiger partial charge in [-0.2, -0.15) is 0 Å². The highest BCUT2D eigenvalue weighted by Crippen LogP contribution is 2.45. The Labute approximate surface area is 382 Å². The quantitative estimate of drug-likeness (QED) is 0.160. The smallest absolute Gasteiger partial charge is 0.135 e. The molecule has 0 bridgehead atoms. The van der Waals surface area contributed by atoms with Crippen molar-refractivity contribution >= 4 is 72.9 Å². The van der Waals surface area contributed by atoms with E-state index in [0.717, 1.165) is 95.5 Å². The lowest BCUT2D eigenvalue weighted by molar-refractivity contribution is 0.568.